The van der Waals surface area contributed by atoms with Gasteiger partial charge in [-0.1, -0.05) is 6.92 Å². The highest BCUT2D eigenvalue weighted by atomic mass is 15.2. The summed E-state index contributed by atoms with van der Waals surface area (Å²) in [7, 11) is 4.43. The van der Waals surface area contributed by atoms with E-state index in [1.807, 2.05) is 0 Å². The summed E-state index contributed by atoms with van der Waals surface area (Å²) in [5, 5.41) is 3.64. The molecule has 2 aliphatic rings. The highest BCUT2D eigenvalue weighted by molar-refractivity contribution is 4.86. The fourth-order valence-corrected chi connectivity index (χ4v) is 3.04. The first-order valence-corrected chi connectivity index (χ1v) is 6.79. The van der Waals surface area contributed by atoms with Crippen LogP contribution in [0, 0.1) is 5.92 Å². The van der Waals surface area contributed by atoms with E-state index in [0.29, 0.717) is 0 Å². The van der Waals surface area contributed by atoms with Crippen LogP contribution in [-0.4, -0.2) is 62.2 Å². The molecular weight excluding hydrogens is 198 g/mol. The van der Waals surface area contributed by atoms with Crippen LogP contribution in [0.25, 0.3) is 0 Å². The second-order valence-corrected chi connectivity index (χ2v) is 5.85. The molecule has 0 aromatic heterocycles. The average Bonchev–Trinajstić information content (AvgIpc) is 2.65. The Hall–Kier alpha value is -0.120. The third-order valence-corrected chi connectivity index (χ3v) is 4.36. The number of nitrogens with zero attached hydrogens (tertiary/aromatic N) is 2. The van der Waals surface area contributed by atoms with Crippen LogP contribution in [0.1, 0.15) is 26.2 Å². The Balaban J connectivity index is 1.80. The minimum Gasteiger partial charge on any atom is -0.312 e. The molecule has 2 rings (SSSR count). The van der Waals surface area contributed by atoms with Crippen LogP contribution in [0.5, 0.6) is 0 Å². The molecule has 0 aromatic rings. The number of piperidine rings is 1. The van der Waals surface area contributed by atoms with E-state index >= 15 is 0 Å². The zero-order valence-corrected chi connectivity index (χ0v) is 11.1. The summed E-state index contributed by atoms with van der Waals surface area (Å²) < 4.78 is 0. The molecule has 0 aromatic carbocycles. The number of hydrogen-bond acceptors (Lipinski definition) is 3. The zero-order valence-electron chi connectivity index (χ0n) is 11.1. The van der Waals surface area contributed by atoms with Crippen LogP contribution in [-0.2, 0) is 0 Å². The molecule has 2 fully saturated rings. The van der Waals surface area contributed by atoms with Gasteiger partial charge in [0.25, 0.3) is 0 Å². The largest absolute Gasteiger partial charge is 0.312 e. The average molecular weight is 225 g/mol. The molecule has 1 N–H and O–H groups in total. The van der Waals surface area contributed by atoms with Gasteiger partial charge < -0.3 is 15.1 Å². The van der Waals surface area contributed by atoms with Crippen molar-refractivity contribution in [3.8, 4) is 0 Å². The third-order valence-electron chi connectivity index (χ3n) is 4.36. The molecule has 2 saturated heterocycles. The van der Waals surface area contributed by atoms with Gasteiger partial charge in [-0.2, -0.15) is 0 Å². The lowest BCUT2D eigenvalue weighted by Crippen LogP contribution is -2.49. The SMILES string of the molecule is CC1CCNC1CN1CCCC(N(C)C)C1. The Labute approximate surface area is 100 Å². The van der Waals surface area contributed by atoms with Crippen molar-refractivity contribution in [3.05, 3.63) is 0 Å². The zero-order chi connectivity index (χ0) is 11.5. The van der Waals surface area contributed by atoms with Crippen molar-refractivity contribution in [2.75, 3.05) is 40.3 Å². The van der Waals surface area contributed by atoms with E-state index in [9.17, 15) is 0 Å². The van der Waals surface area contributed by atoms with E-state index in [0.717, 1.165) is 18.0 Å². The van der Waals surface area contributed by atoms with Crippen LogP contribution in [0.15, 0.2) is 0 Å². The van der Waals surface area contributed by atoms with E-state index in [1.54, 1.807) is 0 Å². The second kappa shape index (κ2) is 5.48. The lowest BCUT2D eigenvalue weighted by molar-refractivity contribution is 0.121. The van der Waals surface area contributed by atoms with Crippen molar-refractivity contribution in [1.82, 2.24) is 15.1 Å². The van der Waals surface area contributed by atoms with Crippen molar-refractivity contribution in [2.24, 2.45) is 5.92 Å². The van der Waals surface area contributed by atoms with Crippen molar-refractivity contribution in [2.45, 2.75) is 38.3 Å². The molecule has 2 heterocycles. The van der Waals surface area contributed by atoms with Gasteiger partial charge in [-0.15, -0.1) is 0 Å². The molecule has 0 amide bonds. The molecule has 3 unspecified atom stereocenters. The fourth-order valence-electron chi connectivity index (χ4n) is 3.04. The molecule has 3 nitrogen and oxygen atoms in total. The van der Waals surface area contributed by atoms with Gasteiger partial charge in [0.15, 0.2) is 0 Å². The fraction of sp³-hybridized carbons (Fsp3) is 1.00. The lowest BCUT2D eigenvalue weighted by Gasteiger charge is -2.37. The topological polar surface area (TPSA) is 18.5 Å². The van der Waals surface area contributed by atoms with Crippen LogP contribution in [0.3, 0.4) is 0 Å². The van der Waals surface area contributed by atoms with Crippen LogP contribution in [0.2, 0.25) is 0 Å². The maximum Gasteiger partial charge on any atom is 0.0221 e. The molecule has 0 aliphatic carbocycles. The highest BCUT2D eigenvalue weighted by Gasteiger charge is 2.28. The molecule has 0 bridgehead atoms. The molecule has 3 atom stereocenters. The van der Waals surface area contributed by atoms with Crippen LogP contribution < -0.4 is 5.32 Å². The molecule has 0 spiro atoms. The quantitative estimate of drug-likeness (QED) is 0.773. The van der Waals surface area contributed by atoms with Crippen molar-refractivity contribution >= 4 is 0 Å². The smallest absolute Gasteiger partial charge is 0.0221 e. The van der Waals surface area contributed by atoms with Gasteiger partial charge in [0.05, 0.1) is 0 Å². The molecular formula is C13H27N3. The summed E-state index contributed by atoms with van der Waals surface area (Å²) in [6.07, 6.45) is 4.09. The van der Waals surface area contributed by atoms with Gasteiger partial charge in [-0.05, 0) is 52.4 Å². The van der Waals surface area contributed by atoms with Gasteiger partial charge in [0, 0.05) is 25.2 Å². The lowest BCUT2D eigenvalue weighted by atomic mass is 10.00. The van der Waals surface area contributed by atoms with Gasteiger partial charge in [0.2, 0.25) is 0 Å². The van der Waals surface area contributed by atoms with Crippen molar-refractivity contribution in [1.29, 1.82) is 0 Å². The highest BCUT2D eigenvalue weighted by Crippen LogP contribution is 2.19. The Morgan fingerprint density at radius 3 is 2.75 bits per heavy atom. The number of likely N-dealkylation sites (tertiary alicyclic amines) is 1. The second-order valence-electron chi connectivity index (χ2n) is 5.85. The molecule has 0 radical (unpaired) electrons. The van der Waals surface area contributed by atoms with Crippen molar-refractivity contribution < 1.29 is 0 Å². The minimum atomic E-state index is 0.737. The summed E-state index contributed by atoms with van der Waals surface area (Å²) >= 11 is 0. The Morgan fingerprint density at radius 1 is 1.31 bits per heavy atom. The number of nitrogens with one attached hydrogen (secondary N) is 1. The Kier molecular flexibility index (Phi) is 4.22. The monoisotopic (exact) mass is 225 g/mol. The third kappa shape index (κ3) is 2.96. The predicted molar refractivity (Wildman–Crippen MR) is 68.7 cm³/mol. The van der Waals surface area contributed by atoms with Crippen LogP contribution in [0.4, 0.5) is 0 Å². The molecule has 94 valence electrons. The Bertz CT molecular complexity index is 217. The molecule has 16 heavy (non-hydrogen) atoms. The van der Waals surface area contributed by atoms with E-state index in [1.165, 1.54) is 45.4 Å². The summed E-state index contributed by atoms with van der Waals surface area (Å²) in [4.78, 5) is 5.05. The van der Waals surface area contributed by atoms with Gasteiger partial charge in [-0.25, -0.2) is 0 Å². The van der Waals surface area contributed by atoms with E-state index in [2.05, 4.69) is 36.1 Å². The standard InChI is InChI=1S/C13H27N3/c1-11-6-7-14-13(11)10-16-8-4-5-12(9-16)15(2)3/h11-14H,4-10H2,1-3H3. The maximum atomic E-state index is 3.64. The molecule has 3 heteroatoms. The van der Waals surface area contributed by atoms with Crippen LogP contribution >= 0.6 is 0 Å². The van der Waals surface area contributed by atoms with E-state index in [-0.39, 0.29) is 0 Å². The number of likely N-dealkylation sites (N-methyl/N-ethyl adjacent to an activating group) is 1. The predicted octanol–water partition coefficient (Wildman–Crippen LogP) is 1.01. The summed E-state index contributed by atoms with van der Waals surface area (Å²) in [6.45, 7) is 7.42. The summed E-state index contributed by atoms with van der Waals surface area (Å²) in [6, 6.07) is 1.51. The first kappa shape index (κ1) is 12.3. The molecule has 2 aliphatic heterocycles. The summed E-state index contributed by atoms with van der Waals surface area (Å²) in [5.41, 5.74) is 0. The molecule has 0 saturated carbocycles. The minimum absolute atomic E-state index is 0.737. The first-order chi connectivity index (χ1) is 7.66. The van der Waals surface area contributed by atoms with E-state index < -0.39 is 0 Å². The Morgan fingerprint density at radius 2 is 2.12 bits per heavy atom. The van der Waals surface area contributed by atoms with Gasteiger partial charge in [0.1, 0.15) is 0 Å². The number of hydrogen-bond donors (Lipinski definition) is 1. The maximum absolute atomic E-state index is 3.64. The van der Waals surface area contributed by atoms with E-state index in [4.69, 9.17) is 0 Å². The van der Waals surface area contributed by atoms with Crippen molar-refractivity contribution in [3.63, 3.8) is 0 Å². The first-order valence-electron chi connectivity index (χ1n) is 6.79. The van der Waals surface area contributed by atoms with Gasteiger partial charge in [-0.3, -0.25) is 0 Å². The number of rotatable bonds is 3. The summed E-state index contributed by atoms with van der Waals surface area (Å²) in [5.74, 6) is 0.861. The van der Waals surface area contributed by atoms with Gasteiger partial charge >= 0.3 is 0 Å². The normalized spacial score (nSPS) is 37.1.